The Morgan fingerprint density at radius 2 is 2.05 bits per heavy atom. The number of nitrogens with zero attached hydrogens (tertiary/aromatic N) is 2. The number of nitrogens with two attached hydrogens (primary N) is 1. The van der Waals surface area contributed by atoms with Gasteiger partial charge in [0.2, 0.25) is 0 Å². The molecule has 0 unspecified atom stereocenters. The molecule has 3 aromatic rings. The van der Waals surface area contributed by atoms with Gasteiger partial charge in [-0.2, -0.15) is 0 Å². The topological polar surface area (TPSA) is 52.5 Å². The maximum Gasteiger partial charge on any atom is 0.137 e. The van der Waals surface area contributed by atoms with Crippen molar-refractivity contribution in [3.05, 3.63) is 53.9 Å². The zero-order valence-electron chi connectivity index (χ0n) is 12.3. The Labute approximate surface area is 124 Å². The molecule has 0 aliphatic carbocycles. The van der Waals surface area contributed by atoms with Crippen LogP contribution in [0.5, 0.6) is 5.75 Å². The molecule has 0 radical (unpaired) electrons. The molecule has 0 saturated carbocycles. The Balaban J connectivity index is 2.25. The zero-order chi connectivity index (χ0) is 14.8. The maximum atomic E-state index is 5.96. The van der Waals surface area contributed by atoms with Crippen molar-refractivity contribution in [2.75, 3.05) is 6.61 Å². The highest BCUT2D eigenvalue weighted by Gasteiger charge is 2.16. The number of pyridine rings is 1. The fourth-order valence-corrected chi connectivity index (χ4v) is 2.55. The van der Waals surface area contributed by atoms with Crippen molar-refractivity contribution in [3.63, 3.8) is 0 Å². The highest BCUT2D eigenvalue weighted by Crippen LogP contribution is 2.32. The molecule has 0 spiro atoms. The summed E-state index contributed by atoms with van der Waals surface area (Å²) in [4.78, 5) is 4.76. The molecule has 0 fully saturated rings. The van der Waals surface area contributed by atoms with Crippen LogP contribution in [-0.2, 0) is 6.54 Å². The largest absolute Gasteiger partial charge is 0.493 e. The van der Waals surface area contributed by atoms with Crippen LogP contribution < -0.4 is 10.5 Å². The predicted octanol–water partition coefficient (Wildman–Crippen LogP) is 3.17. The fourth-order valence-electron chi connectivity index (χ4n) is 2.55. The van der Waals surface area contributed by atoms with E-state index in [2.05, 4.69) is 19.1 Å². The van der Waals surface area contributed by atoms with Crippen molar-refractivity contribution in [2.24, 2.45) is 5.73 Å². The highest BCUT2D eigenvalue weighted by atomic mass is 16.5. The standard InChI is InChI=1S/C17H19N3O/c1-3-21-15-7-5-4-6-13(15)17-14(11-18)20-9-8-12(2)10-16(20)19-17/h4-10H,3,11,18H2,1-2H3. The first-order valence-electron chi connectivity index (χ1n) is 7.14. The average Bonchev–Trinajstić information content (AvgIpc) is 2.85. The quantitative estimate of drug-likeness (QED) is 0.799. The highest BCUT2D eigenvalue weighted by molar-refractivity contribution is 5.72. The summed E-state index contributed by atoms with van der Waals surface area (Å²) in [7, 11) is 0. The summed E-state index contributed by atoms with van der Waals surface area (Å²) in [5.74, 6) is 0.842. The van der Waals surface area contributed by atoms with Crippen LogP contribution >= 0.6 is 0 Å². The van der Waals surface area contributed by atoms with Crippen LogP contribution in [0.15, 0.2) is 42.6 Å². The van der Waals surface area contributed by atoms with Gasteiger partial charge in [0.1, 0.15) is 11.4 Å². The number of hydrogen-bond acceptors (Lipinski definition) is 3. The monoisotopic (exact) mass is 281 g/mol. The van der Waals surface area contributed by atoms with Gasteiger partial charge in [0.05, 0.1) is 18.0 Å². The Bertz CT molecular complexity index is 777. The van der Waals surface area contributed by atoms with E-state index < -0.39 is 0 Å². The molecule has 0 amide bonds. The number of para-hydroxylation sites is 1. The molecule has 1 aromatic carbocycles. The van der Waals surface area contributed by atoms with Crippen molar-refractivity contribution in [1.82, 2.24) is 9.38 Å². The molecule has 108 valence electrons. The second-order valence-corrected chi connectivity index (χ2v) is 4.97. The van der Waals surface area contributed by atoms with Crippen molar-refractivity contribution >= 4 is 5.65 Å². The molecule has 21 heavy (non-hydrogen) atoms. The summed E-state index contributed by atoms with van der Waals surface area (Å²) >= 11 is 0. The van der Waals surface area contributed by atoms with Crippen LogP contribution in [0, 0.1) is 6.92 Å². The third-order valence-corrected chi connectivity index (χ3v) is 3.52. The zero-order valence-corrected chi connectivity index (χ0v) is 12.3. The Morgan fingerprint density at radius 3 is 2.81 bits per heavy atom. The third-order valence-electron chi connectivity index (χ3n) is 3.52. The molecule has 2 N–H and O–H groups in total. The number of aryl methyl sites for hydroxylation is 1. The van der Waals surface area contributed by atoms with Gasteiger partial charge in [-0.1, -0.05) is 12.1 Å². The number of hydrogen-bond donors (Lipinski definition) is 1. The molecule has 0 bridgehead atoms. The van der Waals surface area contributed by atoms with E-state index in [-0.39, 0.29) is 0 Å². The van der Waals surface area contributed by atoms with E-state index in [4.69, 9.17) is 15.5 Å². The summed E-state index contributed by atoms with van der Waals surface area (Å²) < 4.78 is 7.77. The number of aromatic nitrogens is 2. The van der Waals surface area contributed by atoms with Gasteiger partial charge < -0.3 is 14.9 Å². The summed E-state index contributed by atoms with van der Waals surface area (Å²) in [6.07, 6.45) is 2.02. The Kier molecular flexibility index (Phi) is 3.62. The van der Waals surface area contributed by atoms with Gasteiger partial charge >= 0.3 is 0 Å². The van der Waals surface area contributed by atoms with Gasteiger partial charge in [-0.05, 0) is 43.7 Å². The number of fused-ring (bicyclic) bond motifs is 1. The van der Waals surface area contributed by atoms with Gasteiger partial charge in [-0.3, -0.25) is 0 Å². The average molecular weight is 281 g/mol. The van der Waals surface area contributed by atoms with Crippen LogP contribution in [0.4, 0.5) is 0 Å². The van der Waals surface area contributed by atoms with E-state index in [1.807, 2.05) is 41.8 Å². The lowest BCUT2D eigenvalue weighted by Gasteiger charge is -2.09. The third kappa shape index (κ3) is 2.38. The molecule has 0 aliphatic rings. The van der Waals surface area contributed by atoms with Crippen LogP contribution in [0.1, 0.15) is 18.2 Å². The van der Waals surface area contributed by atoms with Crippen LogP contribution in [0.25, 0.3) is 16.9 Å². The van der Waals surface area contributed by atoms with E-state index in [1.54, 1.807) is 0 Å². The first-order valence-corrected chi connectivity index (χ1v) is 7.14. The molecule has 2 heterocycles. The van der Waals surface area contributed by atoms with Gasteiger partial charge in [0, 0.05) is 18.3 Å². The lowest BCUT2D eigenvalue weighted by Crippen LogP contribution is -2.03. The molecule has 0 aliphatic heterocycles. The van der Waals surface area contributed by atoms with Crippen molar-refractivity contribution in [1.29, 1.82) is 0 Å². The summed E-state index contributed by atoms with van der Waals surface area (Å²) in [5, 5.41) is 0. The van der Waals surface area contributed by atoms with Crippen LogP contribution in [0.3, 0.4) is 0 Å². The van der Waals surface area contributed by atoms with Gasteiger partial charge in [0.15, 0.2) is 0 Å². The van der Waals surface area contributed by atoms with Crippen LogP contribution in [-0.4, -0.2) is 16.0 Å². The minimum absolute atomic E-state index is 0.431. The maximum absolute atomic E-state index is 5.96. The molecule has 0 atom stereocenters. The molecule has 4 heteroatoms. The van der Waals surface area contributed by atoms with Crippen molar-refractivity contribution < 1.29 is 4.74 Å². The number of imidazole rings is 1. The minimum Gasteiger partial charge on any atom is -0.493 e. The van der Waals surface area contributed by atoms with E-state index >= 15 is 0 Å². The molecule has 3 rings (SSSR count). The minimum atomic E-state index is 0.431. The molecular formula is C17H19N3O. The Hall–Kier alpha value is -2.33. The lowest BCUT2D eigenvalue weighted by molar-refractivity contribution is 0.341. The molecule has 2 aromatic heterocycles. The normalized spacial score (nSPS) is 11.0. The first kappa shape index (κ1) is 13.6. The Morgan fingerprint density at radius 1 is 1.24 bits per heavy atom. The second-order valence-electron chi connectivity index (χ2n) is 4.97. The van der Waals surface area contributed by atoms with E-state index in [0.29, 0.717) is 13.2 Å². The second kappa shape index (κ2) is 5.58. The number of ether oxygens (including phenoxy) is 1. The molecular weight excluding hydrogens is 262 g/mol. The van der Waals surface area contributed by atoms with Gasteiger partial charge in [-0.25, -0.2) is 4.98 Å². The van der Waals surface area contributed by atoms with E-state index in [0.717, 1.165) is 28.3 Å². The summed E-state index contributed by atoms with van der Waals surface area (Å²) in [6.45, 7) is 5.10. The molecule has 0 saturated heterocycles. The SMILES string of the molecule is CCOc1ccccc1-c1nc2cc(C)ccn2c1CN. The number of rotatable bonds is 4. The van der Waals surface area contributed by atoms with Crippen molar-refractivity contribution in [2.45, 2.75) is 20.4 Å². The van der Waals surface area contributed by atoms with E-state index in [1.165, 1.54) is 5.56 Å². The molecule has 4 nitrogen and oxygen atoms in total. The van der Waals surface area contributed by atoms with Gasteiger partial charge in [0.25, 0.3) is 0 Å². The summed E-state index contributed by atoms with van der Waals surface area (Å²) in [6, 6.07) is 12.1. The van der Waals surface area contributed by atoms with Gasteiger partial charge in [-0.15, -0.1) is 0 Å². The lowest BCUT2D eigenvalue weighted by atomic mass is 10.1. The number of benzene rings is 1. The summed E-state index contributed by atoms with van der Waals surface area (Å²) in [5.41, 5.74) is 10.9. The van der Waals surface area contributed by atoms with E-state index in [9.17, 15) is 0 Å². The smallest absolute Gasteiger partial charge is 0.137 e. The first-order chi connectivity index (χ1) is 10.2. The predicted molar refractivity (Wildman–Crippen MR) is 84.4 cm³/mol. The fraction of sp³-hybridized carbons (Fsp3) is 0.235. The van der Waals surface area contributed by atoms with Crippen LogP contribution in [0.2, 0.25) is 0 Å². The van der Waals surface area contributed by atoms with Crippen molar-refractivity contribution in [3.8, 4) is 17.0 Å².